The van der Waals surface area contributed by atoms with E-state index in [0.717, 1.165) is 37.3 Å². The van der Waals surface area contributed by atoms with Crippen LogP contribution in [0.5, 0.6) is 11.5 Å². The third kappa shape index (κ3) is 2.24. The highest BCUT2D eigenvalue weighted by Crippen LogP contribution is 2.63. The van der Waals surface area contributed by atoms with E-state index >= 15 is 0 Å². The van der Waals surface area contributed by atoms with Gasteiger partial charge in [0.25, 0.3) is 0 Å². The largest absolute Gasteiger partial charge is 0.493 e. The number of benzene rings is 2. The highest BCUT2D eigenvalue weighted by atomic mass is 16.6. The van der Waals surface area contributed by atoms with Crippen molar-refractivity contribution in [2.24, 2.45) is 5.92 Å². The summed E-state index contributed by atoms with van der Waals surface area (Å²) in [6.45, 7) is 1.01. The molecule has 2 unspecified atom stereocenters. The molecule has 0 saturated carbocycles. The Balaban J connectivity index is 1.46. The Morgan fingerprint density at radius 1 is 1.20 bits per heavy atom. The molecule has 0 amide bonds. The summed E-state index contributed by atoms with van der Waals surface area (Å²) in [7, 11) is 3.91. The molecule has 2 aliphatic heterocycles. The highest BCUT2D eigenvalue weighted by molar-refractivity contribution is 5.90. The van der Waals surface area contributed by atoms with Gasteiger partial charge < -0.3 is 19.1 Å². The molecule has 5 nitrogen and oxygen atoms in total. The van der Waals surface area contributed by atoms with E-state index in [4.69, 9.17) is 14.2 Å². The third-order valence-corrected chi connectivity index (χ3v) is 7.65. The normalized spacial score (nSPS) is 30.7. The van der Waals surface area contributed by atoms with E-state index in [9.17, 15) is 4.79 Å². The SMILES string of the molecule is COc1ccc2c3c1O[C@H]1C(OC(=O)c4ccccc4)=CCC4[C@@H](C2)N(C)CCC341. The predicted molar refractivity (Wildman–Crippen MR) is 112 cm³/mol. The van der Waals surface area contributed by atoms with E-state index in [2.05, 4.69) is 24.1 Å². The van der Waals surface area contributed by atoms with Crippen molar-refractivity contribution in [1.82, 2.24) is 4.90 Å². The van der Waals surface area contributed by atoms with Crippen LogP contribution in [0, 0.1) is 5.92 Å². The number of hydrogen-bond donors (Lipinski definition) is 0. The van der Waals surface area contributed by atoms with Crippen molar-refractivity contribution in [1.29, 1.82) is 0 Å². The van der Waals surface area contributed by atoms with Crippen molar-refractivity contribution in [2.75, 3.05) is 20.7 Å². The summed E-state index contributed by atoms with van der Waals surface area (Å²) >= 11 is 0. The maximum absolute atomic E-state index is 12.8. The molecule has 2 aromatic rings. The van der Waals surface area contributed by atoms with Crippen LogP contribution in [0.2, 0.25) is 0 Å². The first-order valence-electron chi connectivity index (χ1n) is 10.7. The van der Waals surface area contributed by atoms with Crippen molar-refractivity contribution >= 4 is 5.97 Å². The first kappa shape index (κ1) is 18.0. The molecule has 2 aliphatic carbocycles. The predicted octanol–water partition coefficient (Wildman–Crippen LogP) is 3.72. The van der Waals surface area contributed by atoms with Crippen LogP contribution >= 0.6 is 0 Å². The fourth-order valence-corrected chi connectivity index (χ4v) is 6.30. The number of ether oxygens (including phenoxy) is 3. The number of likely N-dealkylation sites (N-methyl/N-ethyl adjacent to an activating group) is 1. The maximum atomic E-state index is 12.8. The zero-order valence-electron chi connectivity index (χ0n) is 17.3. The van der Waals surface area contributed by atoms with Crippen molar-refractivity contribution in [2.45, 2.75) is 36.8 Å². The molecule has 0 radical (unpaired) electrons. The lowest BCUT2D eigenvalue weighted by molar-refractivity contribution is -0.0272. The van der Waals surface area contributed by atoms with Crippen molar-refractivity contribution in [3.05, 3.63) is 71.0 Å². The second kappa shape index (κ2) is 6.35. The summed E-state index contributed by atoms with van der Waals surface area (Å²) in [4.78, 5) is 15.3. The van der Waals surface area contributed by atoms with E-state index < -0.39 is 0 Å². The Bertz CT molecular complexity index is 1060. The average molecular weight is 403 g/mol. The quantitative estimate of drug-likeness (QED) is 0.731. The van der Waals surface area contributed by atoms with Crippen LogP contribution in [0.25, 0.3) is 0 Å². The van der Waals surface area contributed by atoms with Crippen LogP contribution in [0.15, 0.2) is 54.3 Å². The van der Waals surface area contributed by atoms with Gasteiger partial charge in [-0.05, 0) is 68.6 Å². The van der Waals surface area contributed by atoms with Gasteiger partial charge in [0, 0.05) is 17.0 Å². The van der Waals surface area contributed by atoms with E-state index in [-0.39, 0.29) is 17.5 Å². The molecule has 5 heteroatoms. The number of piperidine rings is 1. The number of esters is 1. The number of nitrogens with zero attached hydrogens (tertiary/aromatic N) is 1. The lowest BCUT2D eigenvalue weighted by atomic mass is 9.53. The molecule has 1 spiro atoms. The van der Waals surface area contributed by atoms with Gasteiger partial charge >= 0.3 is 5.97 Å². The van der Waals surface area contributed by atoms with Crippen LogP contribution in [0.4, 0.5) is 0 Å². The zero-order valence-corrected chi connectivity index (χ0v) is 17.3. The average Bonchev–Trinajstić information content (AvgIpc) is 3.13. The Hall–Kier alpha value is -2.79. The minimum atomic E-state index is -0.330. The van der Waals surface area contributed by atoms with Gasteiger partial charge in [0.05, 0.1) is 12.7 Å². The second-order valence-corrected chi connectivity index (χ2v) is 8.88. The Kier molecular flexibility index (Phi) is 3.81. The molecule has 30 heavy (non-hydrogen) atoms. The number of allylic oxidation sites excluding steroid dienone is 1. The standard InChI is InChI=1S/C25H25NO4/c1-26-13-12-25-17-9-11-20(29-24(27)15-6-4-3-5-7-15)23(25)30-22-19(28-2)10-8-16(21(22)25)14-18(17)26/h3-8,10-11,17-18,23H,9,12-14H2,1-2H3/t17?,18-,23+,25?/m1/s1. The Morgan fingerprint density at radius 2 is 2.03 bits per heavy atom. The van der Waals surface area contributed by atoms with Crippen LogP contribution in [0.3, 0.4) is 0 Å². The number of carbonyl (C=O) groups excluding carboxylic acids is 1. The van der Waals surface area contributed by atoms with Crippen LogP contribution in [0.1, 0.15) is 34.3 Å². The number of methoxy groups -OCH3 is 1. The van der Waals surface area contributed by atoms with E-state index in [1.807, 2.05) is 24.3 Å². The van der Waals surface area contributed by atoms with Crippen LogP contribution in [-0.2, 0) is 16.6 Å². The summed E-state index contributed by atoms with van der Waals surface area (Å²) in [5.41, 5.74) is 3.03. The molecule has 0 N–H and O–H groups in total. The molecule has 4 atom stereocenters. The molecule has 6 rings (SSSR count). The number of carbonyl (C=O) groups is 1. The number of rotatable bonds is 3. The zero-order chi connectivity index (χ0) is 20.5. The number of hydrogen-bond acceptors (Lipinski definition) is 5. The van der Waals surface area contributed by atoms with E-state index in [1.54, 1.807) is 19.2 Å². The topological polar surface area (TPSA) is 48.0 Å². The third-order valence-electron chi connectivity index (χ3n) is 7.65. The molecule has 1 saturated heterocycles. The highest BCUT2D eigenvalue weighted by Gasteiger charge is 2.64. The van der Waals surface area contributed by atoms with Gasteiger partial charge in [0.1, 0.15) is 5.76 Å². The first-order chi connectivity index (χ1) is 14.6. The number of likely N-dealkylation sites (tertiary alicyclic amines) is 1. The van der Waals surface area contributed by atoms with Crippen molar-refractivity contribution < 1.29 is 19.0 Å². The molecule has 2 heterocycles. The minimum absolute atomic E-state index is 0.157. The molecule has 0 aromatic heterocycles. The monoisotopic (exact) mass is 403 g/mol. The van der Waals surface area contributed by atoms with Crippen LogP contribution in [-0.4, -0.2) is 43.7 Å². The van der Waals surface area contributed by atoms with Gasteiger partial charge in [-0.3, -0.25) is 0 Å². The van der Waals surface area contributed by atoms with Gasteiger partial charge in [-0.15, -0.1) is 0 Å². The lowest BCUT2D eigenvalue weighted by Gasteiger charge is -2.56. The summed E-state index contributed by atoms with van der Waals surface area (Å²) < 4.78 is 18.2. The summed E-state index contributed by atoms with van der Waals surface area (Å²) in [5, 5.41) is 0. The molecule has 1 fully saturated rings. The van der Waals surface area contributed by atoms with Crippen molar-refractivity contribution in [3.8, 4) is 11.5 Å². The van der Waals surface area contributed by atoms with E-state index in [1.165, 1.54) is 11.1 Å². The summed E-state index contributed by atoms with van der Waals surface area (Å²) in [5.74, 6) is 2.37. The van der Waals surface area contributed by atoms with Crippen molar-refractivity contribution in [3.63, 3.8) is 0 Å². The molecule has 154 valence electrons. The smallest absolute Gasteiger partial charge is 0.343 e. The van der Waals surface area contributed by atoms with Gasteiger partial charge in [0.15, 0.2) is 17.6 Å². The Morgan fingerprint density at radius 3 is 2.83 bits per heavy atom. The fraction of sp³-hybridized carbons (Fsp3) is 0.400. The lowest BCUT2D eigenvalue weighted by Crippen LogP contribution is -2.63. The van der Waals surface area contributed by atoms with Gasteiger partial charge in [-0.1, -0.05) is 24.3 Å². The van der Waals surface area contributed by atoms with Gasteiger partial charge in [-0.25, -0.2) is 4.79 Å². The van der Waals surface area contributed by atoms with Crippen LogP contribution < -0.4 is 9.47 Å². The minimum Gasteiger partial charge on any atom is -0.493 e. The molecule has 2 bridgehead atoms. The van der Waals surface area contributed by atoms with Gasteiger partial charge in [0.2, 0.25) is 0 Å². The maximum Gasteiger partial charge on any atom is 0.343 e. The summed E-state index contributed by atoms with van der Waals surface area (Å²) in [6.07, 6.45) is 4.71. The summed E-state index contributed by atoms with van der Waals surface area (Å²) in [6, 6.07) is 13.8. The van der Waals surface area contributed by atoms with E-state index in [0.29, 0.717) is 23.3 Å². The molecular formula is C25H25NO4. The molecule has 2 aromatic carbocycles. The fourth-order valence-electron chi connectivity index (χ4n) is 6.30. The molecular weight excluding hydrogens is 378 g/mol. The Labute approximate surface area is 176 Å². The van der Waals surface area contributed by atoms with Gasteiger partial charge in [-0.2, -0.15) is 0 Å². The molecule has 4 aliphatic rings. The second-order valence-electron chi connectivity index (χ2n) is 8.88. The first-order valence-corrected chi connectivity index (χ1v) is 10.7.